The highest BCUT2D eigenvalue weighted by Gasteiger charge is 2.84. The number of methoxy groups -OCH3 is 1. The lowest BCUT2D eigenvalue weighted by molar-refractivity contribution is -0.543. The van der Waals surface area contributed by atoms with E-state index in [1.54, 1.807) is 0 Å². The monoisotopic (exact) mass is 904 g/mol. The predicted octanol–water partition coefficient (Wildman–Crippen LogP) is 8.79. The summed E-state index contributed by atoms with van der Waals surface area (Å²) in [5.41, 5.74) is -1.49. The Morgan fingerprint density at radius 2 is 1.00 bits per heavy atom. The second kappa shape index (κ2) is 19.6. The van der Waals surface area contributed by atoms with E-state index >= 15 is 0 Å². The van der Waals surface area contributed by atoms with Crippen LogP contribution in [-0.2, 0) is 28.4 Å². The molecule has 0 spiro atoms. The van der Waals surface area contributed by atoms with Crippen LogP contribution in [0, 0.1) is 0 Å². The Balaban J connectivity index is 2.28. The minimum atomic E-state index is -7.92. The first-order chi connectivity index (χ1) is 27.3. The van der Waals surface area contributed by atoms with Gasteiger partial charge in [-0.3, -0.25) is 14.3 Å². The van der Waals surface area contributed by atoms with E-state index in [9.17, 15) is 89.4 Å². The van der Waals surface area contributed by atoms with Gasteiger partial charge in [-0.15, -0.1) is 0 Å². The summed E-state index contributed by atoms with van der Waals surface area (Å²) >= 11 is 0. The Bertz CT molecular complexity index is 1800. The Labute approximate surface area is 325 Å². The predicted molar refractivity (Wildman–Crippen MR) is 163 cm³/mol. The minimum absolute atomic E-state index is 0.00187. The minimum Gasteiger partial charge on any atom is -0.462 e. The summed E-state index contributed by atoms with van der Waals surface area (Å²) in [7, 11) is 1.24. The molecule has 2 unspecified atom stereocenters. The van der Waals surface area contributed by atoms with Crippen molar-refractivity contribution in [1.29, 1.82) is 0 Å². The standard InChI is InChI=1S/C33H28F16O11/c1-17(50)18-6-8-19(9-7-18)23(51)55-11-3-4-12-56-24(52)20-14-21(25(53)57-13-5-10-54-2)16-22(15-20)58-27(35,36)26(34)59-33(48,49)29(39,31(43,44)45)60-32(46,47)28(37,38)30(40,41)42/h6-9,14-16,26H,3-5,10-13H2,1-2H3. The van der Waals surface area contributed by atoms with Gasteiger partial charge in [0.25, 0.3) is 0 Å². The summed E-state index contributed by atoms with van der Waals surface area (Å²) in [5.74, 6) is -21.5. The second-order valence-corrected chi connectivity index (χ2v) is 11.7. The van der Waals surface area contributed by atoms with Crippen LogP contribution in [0.2, 0.25) is 0 Å². The van der Waals surface area contributed by atoms with Crippen LogP contribution in [0.3, 0.4) is 0 Å². The highest BCUT2D eigenvalue weighted by atomic mass is 19.4. The van der Waals surface area contributed by atoms with Gasteiger partial charge in [-0.2, -0.15) is 65.9 Å². The molecule has 338 valence electrons. The first-order valence-electron chi connectivity index (χ1n) is 16.1. The van der Waals surface area contributed by atoms with Gasteiger partial charge in [-0.25, -0.2) is 18.8 Å². The molecule has 0 aromatic heterocycles. The Kier molecular flexibility index (Phi) is 16.8. The maximum absolute atomic E-state index is 14.7. The molecule has 0 aliphatic rings. The second-order valence-electron chi connectivity index (χ2n) is 11.7. The molecule has 2 atom stereocenters. The van der Waals surface area contributed by atoms with Crippen molar-refractivity contribution in [1.82, 2.24) is 0 Å². The molecule has 27 heteroatoms. The van der Waals surface area contributed by atoms with Crippen LogP contribution in [0.5, 0.6) is 5.75 Å². The van der Waals surface area contributed by atoms with Gasteiger partial charge in [-0.05, 0) is 50.1 Å². The number of hydrogen-bond acceptors (Lipinski definition) is 11. The molecule has 2 aromatic carbocycles. The summed E-state index contributed by atoms with van der Waals surface area (Å²) in [6, 6.07) is 6.28. The lowest BCUT2D eigenvalue weighted by atomic mass is 10.1. The molecule has 2 rings (SSSR count). The number of ketones is 1. The van der Waals surface area contributed by atoms with Gasteiger partial charge in [0.1, 0.15) is 5.75 Å². The Morgan fingerprint density at radius 1 is 0.567 bits per heavy atom. The van der Waals surface area contributed by atoms with Crippen molar-refractivity contribution in [3.8, 4) is 5.75 Å². The van der Waals surface area contributed by atoms with E-state index < -0.39 is 96.8 Å². The Morgan fingerprint density at radius 3 is 1.42 bits per heavy atom. The SMILES string of the molecule is COCCCOC(=O)c1cc(OC(F)(F)C(F)OC(F)(F)C(F)(OC(F)(F)C(F)(F)C(F)(F)F)C(F)(F)F)cc(C(=O)OCCCCOC(=O)c2ccc(C(C)=O)cc2)c1. The number of ether oxygens (including phenoxy) is 7. The fourth-order valence-corrected chi connectivity index (χ4v) is 4.05. The van der Waals surface area contributed by atoms with Crippen LogP contribution < -0.4 is 4.74 Å². The first-order valence-corrected chi connectivity index (χ1v) is 16.1. The summed E-state index contributed by atoms with van der Waals surface area (Å²) < 4.78 is 243. The summed E-state index contributed by atoms with van der Waals surface area (Å²) in [6.07, 6.45) is -42.7. The maximum Gasteiger partial charge on any atom is 0.462 e. The molecule has 0 radical (unpaired) electrons. The third-order valence-corrected chi connectivity index (χ3v) is 7.13. The van der Waals surface area contributed by atoms with Crippen molar-refractivity contribution in [3.63, 3.8) is 0 Å². The molecule has 0 fully saturated rings. The van der Waals surface area contributed by atoms with Crippen LogP contribution >= 0.6 is 0 Å². The zero-order valence-corrected chi connectivity index (χ0v) is 30.1. The molecular weight excluding hydrogens is 876 g/mol. The molecule has 0 saturated carbocycles. The van der Waals surface area contributed by atoms with Gasteiger partial charge < -0.3 is 23.7 Å². The molecule has 0 bridgehead atoms. The average molecular weight is 905 g/mol. The number of unbranched alkanes of at least 4 members (excludes halogenated alkanes) is 1. The number of alkyl halides is 16. The van der Waals surface area contributed by atoms with E-state index in [0.29, 0.717) is 11.6 Å². The number of Topliss-reactive ketones (excluding diaryl/α,β-unsaturated/α-hetero) is 1. The lowest BCUT2D eigenvalue weighted by Gasteiger charge is -2.38. The molecular formula is C33H28F16O11. The summed E-state index contributed by atoms with van der Waals surface area (Å²) in [5, 5.41) is 0. The Hall–Kier alpha value is -4.92. The van der Waals surface area contributed by atoms with Crippen molar-refractivity contribution in [2.75, 3.05) is 33.5 Å². The molecule has 11 nitrogen and oxygen atoms in total. The smallest absolute Gasteiger partial charge is 0.462 e. The van der Waals surface area contributed by atoms with Gasteiger partial charge in [0.05, 0.1) is 36.5 Å². The van der Waals surface area contributed by atoms with Crippen LogP contribution in [0.1, 0.15) is 67.6 Å². The number of rotatable bonds is 22. The van der Waals surface area contributed by atoms with Crippen LogP contribution in [0.15, 0.2) is 42.5 Å². The number of halogens is 16. The highest BCUT2D eigenvalue weighted by Crippen LogP contribution is 2.55. The van der Waals surface area contributed by atoms with Crippen molar-refractivity contribution in [3.05, 3.63) is 64.7 Å². The zero-order chi connectivity index (χ0) is 46.1. The van der Waals surface area contributed by atoms with Crippen LogP contribution in [0.25, 0.3) is 0 Å². The fourth-order valence-electron chi connectivity index (χ4n) is 4.05. The van der Waals surface area contributed by atoms with Gasteiger partial charge in [-0.1, -0.05) is 12.1 Å². The van der Waals surface area contributed by atoms with Crippen molar-refractivity contribution in [2.24, 2.45) is 0 Å². The van der Waals surface area contributed by atoms with Crippen molar-refractivity contribution >= 4 is 23.7 Å². The van der Waals surface area contributed by atoms with Gasteiger partial charge in [0.15, 0.2) is 5.78 Å². The van der Waals surface area contributed by atoms with Gasteiger partial charge >= 0.3 is 66.7 Å². The first kappa shape index (κ1) is 51.2. The van der Waals surface area contributed by atoms with E-state index in [2.05, 4.69) is 9.47 Å². The van der Waals surface area contributed by atoms with Crippen LogP contribution in [-0.4, -0.2) is 106 Å². The molecule has 60 heavy (non-hydrogen) atoms. The van der Waals surface area contributed by atoms with E-state index in [4.69, 9.17) is 18.9 Å². The molecule has 0 aliphatic heterocycles. The average Bonchev–Trinajstić information content (AvgIpc) is 3.12. The van der Waals surface area contributed by atoms with E-state index in [-0.39, 0.29) is 56.0 Å². The quantitative estimate of drug-likeness (QED) is 0.0369. The number of esters is 3. The number of carbonyl (C=O) groups is 4. The molecule has 0 amide bonds. The molecule has 2 aromatic rings. The highest BCUT2D eigenvalue weighted by molar-refractivity contribution is 5.97. The topological polar surface area (TPSA) is 133 Å². The van der Waals surface area contributed by atoms with Gasteiger partial charge in [0, 0.05) is 25.7 Å². The third kappa shape index (κ3) is 12.8. The van der Waals surface area contributed by atoms with E-state index in [1.807, 2.05) is 0 Å². The van der Waals surface area contributed by atoms with Crippen LogP contribution in [0.4, 0.5) is 70.2 Å². The fraction of sp³-hybridized carbons (Fsp3) is 0.515. The normalized spacial score (nSPS) is 14.5. The van der Waals surface area contributed by atoms with E-state index in [0.717, 1.165) is 0 Å². The van der Waals surface area contributed by atoms with Crippen molar-refractivity contribution < 1.29 is 123 Å². The molecule has 0 heterocycles. The summed E-state index contributed by atoms with van der Waals surface area (Å²) in [6.45, 7) is 0.0601. The lowest BCUT2D eigenvalue weighted by Crippen LogP contribution is -2.66. The molecule has 0 saturated heterocycles. The van der Waals surface area contributed by atoms with E-state index in [1.165, 1.54) is 43.0 Å². The number of benzene rings is 2. The molecule has 0 N–H and O–H groups in total. The summed E-state index contributed by atoms with van der Waals surface area (Å²) in [4.78, 5) is 48.8. The number of hydrogen-bond donors (Lipinski definition) is 0. The third-order valence-electron chi connectivity index (χ3n) is 7.13. The zero-order valence-electron chi connectivity index (χ0n) is 30.1. The molecule has 0 aliphatic carbocycles. The van der Waals surface area contributed by atoms with Gasteiger partial charge in [0.2, 0.25) is 0 Å². The maximum atomic E-state index is 14.7. The number of carbonyl (C=O) groups excluding carboxylic acids is 4. The van der Waals surface area contributed by atoms with Crippen molar-refractivity contribution in [2.45, 2.75) is 75.0 Å². The largest absolute Gasteiger partial charge is 0.462 e.